The highest BCUT2D eigenvalue weighted by molar-refractivity contribution is 5.69. The Bertz CT molecular complexity index is 647. The van der Waals surface area contributed by atoms with Gasteiger partial charge in [0.1, 0.15) is 11.6 Å². The van der Waals surface area contributed by atoms with Gasteiger partial charge in [-0.25, -0.2) is 4.79 Å². The average molecular weight is 259 g/mol. The molecule has 100 valence electrons. The Kier molecular flexibility index (Phi) is 3.55. The van der Waals surface area contributed by atoms with Crippen LogP contribution in [0.5, 0.6) is 5.75 Å². The number of H-pyrrole nitrogens is 1. The van der Waals surface area contributed by atoms with Crippen molar-refractivity contribution in [1.29, 1.82) is 0 Å². The van der Waals surface area contributed by atoms with Gasteiger partial charge in [-0.05, 0) is 23.6 Å². The van der Waals surface area contributed by atoms with Crippen molar-refractivity contribution >= 4 is 5.82 Å². The van der Waals surface area contributed by atoms with Gasteiger partial charge in [-0.15, -0.1) is 0 Å². The molecule has 0 spiro atoms. The third-order valence-corrected chi connectivity index (χ3v) is 2.94. The van der Waals surface area contributed by atoms with Crippen LogP contribution >= 0.6 is 0 Å². The molecule has 1 heterocycles. The van der Waals surface area contributed by atoms with Crippen LogP contribution in [0.2, 0.25) is 0 Å². The lowest BCUT2D eigenvalue weighted by Gasteiger charge is -2.12. The number of hydrogen-bond acceptors (Lipinski definition) is 4. The highest BCUT2D eigenvalue weighted by atomic mass is 16.5. The maximum atomic E-state index is 11.4. The monoisotopic (exact) mass is 259 g/mol. The second-order valence-corrected chi connectivity index (χ2v) is 4.64. The molecule has 2 rings (SSSR count). The van der Waals surface area contributed by atoms with E-state index in [1.165, 1.54) is 0 Å². The van der Waals surface area contributed by atoms with Gasteiger partial charge < -0.3 is 15.5 Å². The number of benzene rings is 1. The van der Waals surface area contributed by atoms with Gasteiger partial charge in [-0.3, -0.25) is 0 Å². The van der Waals surface area contributed by atoms with E-state index >= 15 is 0 Å². The molecule has 0 radical (unpaired) electrons. The predicted octanol–water partition coefficient (Wildman–Crippen LogP) is 2.15. The van der Waals surface area contributed by atoms with Crippen molar-refractivity contribution in [2.45, 2.75) is 19.8 Å². The molecule has 5 heteroatoms. The predicted molar refractivity (Wildman–Crippen MR) is 75.3 cm³/mol. The van der Waals surface area contributed by atoms with Crippen molar-refractivity contribution in [3.8, 4) is 17.0 Å². The Morgan fingerprint density at radius 1 is 1.32 bits per heavy atom. The first kappa shape index (κ1) is 13.1. The summed E-state index contributed by atoms with van der Waals surface area (Å²) in [7, 11) is 1.59. The van der Waals surface area contributed by atoms with Crippen molar-refractivity contribution in [2.24, 2.45) is 0 Å². The van der Waals surface area contributed by atoms with Crippen LogP contribution in [-0.4, -0.2) is 17.1 Å². The molecule has 0 saturated heterocycles. The van der Waals surface area contributed by atoms with Crippen molar-refractivity contribution in [2.75, 3.05) is 12.8 Å². The van der Waals surface area contributed by atoms with Gasteiger partial charge in [0, 0.05) is 11.6 Å². The quantitative estimate of drug-likeness (QED) is 0.885. The number of nitrogens with one attached hydrogen (secondary N) is 1. The van der Waals surface area contributed by atoms with Crippen LogP contribution in [-0.2, 0) is 0 Å². The van der Waals surface area contributed by atoms with E-state index in [0.717, 1.165) is 11.1 Å². The zero-order chi connectivity index (χ0) is 14.0. The Morgan fingerprint density at radius 3 is 2.63 bits per heavy atom. The minimum absolute atomic E-state index is 0.191. The molecule has 0 atom stereocenters. The number of aromatic amines is 1. The zero-order valence-corrected chi connectivity index (χ0v) is 11.2. The first-order chi connectivity index (χ1) is 9.01. The van der Waals surface area contributed by atoms with E-state index in [1.54, 1.807) is 13.2 Å². The molecular formula is C14H17N3O2. The van der Waals surface area contributed by atoms with E-state index < -0.39 is 5.69 Å². The fourth-order valence-electron chi connectivity index (χ4n) is 1.92. The zero-order valence-electron chi connectivity index (χ0n) is 11.2. The highest BCUT2D eigenvalue weighted by Crippen LogP contribution is 2.31. The van der Waals surface area contributed by atoms with Crippen LogP contribution in [0.25, 0.3) is 11.3 Å². The fourth-order valence-corrected chi connectivity index (χ4v) is 1.92. The van der Waals surface area contributed by atoms with Crippen molar-refractivity contribution < 1.29 is 4.74 Å². The summed E-state index contributed by atoms with van der Waals surface area (Å²) in [5.74, 6) is 1.26. The van der Waals surface area contributed by atoms with Gasteiger partial charge in [-0.2, -0.15) is 4.98 Å². The summed E-state index contributed by atoms with van der Waals surface area (Å²) < 4.78 is 5.33. The van der Waals surface area contributed by atoms with Gasteiger partial charge >= 0.3 is 5.69 Å². The first-order valence-electron chi connectivity index (χ1n) is 6.06. The summed E-state index contributed by atoms with van der Waals surface area (Å²) >= 11 is 0. The lowest BCUT2D eigenvalue weighted by atomic mass is 9.99. The average Bonchev–Trinajstić information content (AvgIpc) is 2.36. The maximum absolute atomic E-state index is 11.4. The fraction of sp³-hybridized carbons (Fsp3) is 0.286. The van der Waals surface area contributed by atoms with Crippen LogP contribution in [0.3, 0.4) is 0 Å². The molecule has 0 bridgehead atoms. The number of nitrogens with two attached hydrogens (primary N) is 1. The normalized spacial score (nSPS) is 10.7. The smallest absolute Gasteiger partial charge is 0.347 e. The molecule has 0 aliphatic rings. The van der Waals surface area contributed by atoms with Crippen LogP contribution in [0.1, 0.15) is 25.3 Å². The second kappa shape index (κ2) is 5.14. The van der Waals surface area contributed by atoms with Gasteiger partial charge in [0.25, 0.3) is 0 Å². The van der Waals surface area contributed by atoms with Crippen LogP contribution in [0.15, 0.2) is 29.1 Å². The molecule has 0 unspecified atom stereocenters. The Hall–Kier alpha value is -2.30. The van der Waals surface area contributed by atoms with E-state index in [0.29, 0.717) is 17.4 Å². The number of nitrogens with zero attached hydrogens (tertiary/aromatic N) is 1. The van der Waals surface area contributed by atoms with Crippen molar-refractivity contribution in [3.05, 3.63) is 40.3 Å². The Balaban J connectivity index is 2.64. The van der Waals surface area contributed by atoms with Crippen molar-refractivity contribution in [3.63, 3.8) is 0 Å². The molecule has 0 aliphatic heterocycles. The summed E-state index contributed by atoms with van der Waals surface area (Å²) in [5.41, 5.74) is 7.72. The second-order valence-electron chi connectivity index (χ2n) is 4.64. The SMILES string of the molecule is COc1ccc(C(C)C)cc1-c1cc(N)nc(=O)[nH]1. The van der Waals surface area contributed by atoms with Gasteiger partial charge in [0.15, 0.2) is 0 Å². The molecule has 1 aromatic carbocycles. The topological polar surface area (TPSA) is 81.0 Å². The Labute approximate surface area is 111 Å². The number of nitrogen functional groups attached to an aromatic ring is 1. The number of methoxy groups -OCH3 is 1. The lowest BCUT2D eigenvalue weighted by Crippen LogP contribution is -2.13. The van der Waals surface area contributed by atoms with Crippen molar-refractivity contribution in [1.82, 2.24) is 9.97 Å². The molecular weight excluding hydrogens is 242 g/mol. The molecule has 0 saturated carbocycles. The third-order valence-electron chi connectivity index (χ3n) is 2.94. The van der Waals surface area contributed by atoms with E-state index in [-0.39, 0.29) is 5.82 Å². The molecule has 0 fully saturated rings. The van der Waals surface area contributed by atoms with Crippen LogP contribution in [0.4, 0.5) is 5.82 Å². The lowest BCUT2D eigenvalue weighted by molar-refractivity contribution is 0.416. The number of ether oxygens (including phenoxy) is 1. The van der Waals surface area contributed by atoms with Gasteiger partial charge in [-0.1, -0.05) is 19.9 Å². The summed E-state index contributed by atoms with van der Waals surface area (Å²) in [6.45, 7) is 4.21. The largest absolute Gasteiger partial charge is 0.496 e. The molecule has 3 N–H and O–H groups in total. The number of rotatable bonds is 3. The van der Waals surface area contributed by atoms with Gasteiger partial charge in [0.05, 0.1) is 12.8 Å². The molecule has 2 aromatic rings. The summed E-state index contributed by atoms with van der Waals surface area (Å²) in [6.07, 6.45) is 0. The standard InChI is InChI=1S/C14H17N3O2/c1-8(2)9-4-5-12(19-3)10(6-9)11-7-13(15)17-14(18)16-11/h4-8H,1-3H3,(H3,15,16,17,18). The number of aromatic nitrogens is 2. The third kappa shape index (κ3) is 2.76. The molecule has 5 nitrogen and oxygen atoms in total. The van der Waals surface area contributed by atoms with E-state index in [9.17, 15) is 4.79 Å². The maximum Gasteiger partial charge on any atom is 0.347 e. The molecule has 1 aromatic heterocycles. The molecule has 0 amide bonds. The summed E-state index contributed by atoms with van der Waals surface area (Å²) in [5, 5.41) is 0. The molecule has 19 heavy (non-hydrogen) atoms. The Morgan fingerprint density at radius 2 is 2.05 bits per heavy atom. The van der Waals surface area contributed by atoms with E-state index in [4.69, 9.17) is 10.5 Å². The van der Waals surface area contributed by atoms with Crippen LogP contribution in [0, 0.1) is 0 Å². The summed E-state index contributed by atoms with van der Waals surface area (Å²) in [4.78, 5) is 17.7. The molecule has 0 aliphatic carbocycles. The summed E-state index contributed by atoms with van der Waals surface area (Å²) in [6, 6.07) is 7.52. The van der Waals surface area contributed by atoms with E-state index in [2.05, 4.69) is 23.8 Å². The van der Waals surface area contributed by atoms with E-state index in [1.807, 2.05) is 18.2 Å². The minimum Gasteiger partial charge on any atom is -0.496 e. The number of anilines is 1. The van der Waals surface area contributed by atoms with Crippen LogP contribution < -0.4 is 16.2 Å². The highest BCUT2D eigenvalue weighted by Gasteiger charge is 2.10. The number of hydrogen-bond donors (Lipinski definition) is 2. The first-order valence-corrected chi connectivity index (χ1v) is 6.06. The van der Waals surface area contributed by atoms with Gasteiger partial charge in [0.2, 0.25) is 0 Å². The minimum atomic E-state index is -0.466.